The lowest BCUT2D eigenvalue weighted by Gasteiger charge is -2.13. The highest BCUT2D eigenvalue weighted by Crippen LogP contribution is 2.26. The second-order valence-electron chi connectivity index (χ2n) is 5.63. The van der Waals surface area contributed by atoms with E-state index < -0.39 is 11.6 Å². The molecule has 6 heteroatoms. The van der Waals surface area contributed by atoms with Gasteiger partial charge in [-0.3, -0.25) is 0 Å². The first-order valence-corrected chi connectivity index (χ1v) is 8.19. The summed E-state index contributed by atoms with van der Waals surface area (Å²) in [5.41, 5.74) is 1.59. The maximum atomic E-state index is 12.1. The van der Waals surface area contributed by atoms with E-state index in [2.05, 4.69) is 0 Å². The van der Waals surface area contributed by atoms with E-state index in [1.807, 2.05) is 24.3 Å². The molecule has 0 N–H and O–H groups in total. The van der Waals surface area contributed by atoms with Crippen LogP contribution in [0.5, 0.6) is 5.75 Å². The molecule has 6 nitrogen and oxygen atoms in total. The average molecular weight is 366 g/mol. The Kier molecular flexibility index (Phi) is 5.56. The number of para-hydroxylation sites is 1. The van der Waals surface area contributed by atoms with Gasteiger partial charge in [-0.05, 0) is 23.3 Å². The molecule has 0 fully saturated rings. The van der Waals surface area contributed by atoms with E-state index in [4.69, 9.17) is 18.6 Å². The van der Waals surface area contributed by atoms with Crippen molar-refractivity contribution < 1.29 is 23.4 Å². The van der Waals surface area contributed by atoms with Crippen molar-refractivity contribution in [2.24, 2.45) is 0 Å². The summed E-state index contributed by atoms with van der Waals surface area (Å²) in [6.07, 6.45) is 1.33. The van der Waals surface area contributed by atoms with E-state index in [9.17, 15) is 9.59 Å². The van der Waals surface area contributed by atoms with Crippen LogP contribution in [0.2, 0.25) is 0 Å². The standard InChI is InChI=1S/C21H18O6/c1-24-13-17(21(23)25-2)15-8-4-3-7-14(15)12-26-19-11-20(22)27-18-10-6-5-9-16(18)19/h3-11,13H,12H2,1-2H3/b17-13+. The molecule has 0 bridgehead atoms. The molecule has 0 aliphatic heterocycles. The fraction of sp³-hybridized carbons (Fsp3) is 0.143. The van der Waals surface area contributed by atoms with Crippen molar-refractivity contribution in [3.63, 3.8) is 0 Å². The number of hydrogen-bond acceptors (Lipinski definition) is 6. The molecule has 0 aliphatic carbocycles. The Balaban J connectivity index is 1.96. The van der Waals surface area contributed by atoms with E-state index >= 15 is 0 Å². The van der Waals surface area contributed by atoms with Crippen LogP contribution in [0.3, 0.4) is 0 Å². The summed E-state index contributed by atoms with van der Waals surface area (Å²) in [5, 5.41) is 0.690. The first kappa shape index (κ1) is 18.3. The third kappa shape index (κ3) is 4.00. The molecule has 0 unspecified atom stereocenters. The first-order chi connectivity index (χ1) is 13.1. The van der Waals surface area contributed by atoms with Gasteiger partial charge < -0.3 is 18.6 Å². The highest BCUT2D eigenvalue weighted by atomic mass is 16.5. The van der Waals surface area contributed by atoms with Crippen LogP contribution in [0.15, 0.2) is 70.1 Å². The van der Waals surface area contributed by atoms with Gasteiger partial charge in [0.1, 0.15) is 23.5 Å². The minimum absolute atomic E-state index is 0.141. The van der Waals surface area contributed by atoms with Crippen LogP contribution < -0.4 is 10.4 Å². The number of fused-ring (bicyclic) bond motifs is 1. The smallest absolute Gasteiger partial charge is 0.341 e. The van der Waals surface area contributed by atoms with Gasteiger partial charge in [-0.2, -0.15) is 0 Å². The predicted octanol–water partition coefficient (Wildman–Crippen LogP) is 3.53. The summed E-state index contributed by atoms with van der Waals surface area (Å²) in [6, 6.07) is 15.7. The van der Waals surface area contributed by atoms with E-state index in [1.54, 1.807) is 24.3 Å². The van der Waals surface area contributed by atoms with Crippen LogP contribution in [0.25, 0.3) is 16.5 Å². The van der Waals surface area contributed by atoms with Gasteiger partial charge in [0.15, 0.2) is 0 Å². The number of esters is 1. The van der Waals surface area contributed by atoms with Gasteiger partial charge in [-0.1, -0.05) is 36.4 Å². The zero-order valence-corrected chi connectivity index (χ0v) is 14.9. The molecule has 2 aromatic carbocycles. The number of carbonyl (C=O) groups excluding carboxylic acids is 1. The quantitative estimate of drug-likeness (QED) is 0.288. The molecule has 1 aromatic heterocycles. The molecule has 0 saturated heterocycles. The maximum Gasteiger partial charge on any atom is 0.341 e. The van der Waals surface area contributed by atoms with Gasteiger partial charge in [-0.25, -0.2) is 9.59 Å². The van der Waals surface area contributed by atoms with Crippen molar-refractivity contribution in [2.75, 3.05) is 14.2 Å². The summed E-state index contributed by atoms with van der Waals surface area (Å²) in [4.78, 5) is 23.9. The molecule has 0 amide bonds. The molecule has 0 radical (unpaired) electrons. The topological polar surface area (TPSA) is 75.0 Å². The zero-order valence-electron chi connectivity index (χ0n) is 14.9. The van der Waals surface area contributed by atoms with Gasteiger partial charge >= 0.3 is 11.6 Å². The van der Waals surface area contributed by atoms with E-state index in [-0.39, 0.29) is 12.2 Å². The first-order valence-electron chi connectivity index (χ1n) is 8.19. The Morgan fingerprint density at radius 2 is 1.81 bits per heavy atom. The molecule has 0 saturated carbocycles. The monoisotopic (exact) mass is 366 g/mol. The van der Waals surface area contributed by atoms with Gasteiger partial charge in [0, 0.05) is 0 Å². The van der Waals surface area contributed by atoms with Crippen LogP contribution >= 0.6 is 0 Å². The molecule has 0 aliphatic rings. The van der Waals surface area contributed by atoms with E-state index in [1.165, 1.54) is 26.5 Å². The predicted molar refractivity (Wildman–Crippen MR) is 100 cm³/mol. The fourth-order valence-corrected chi connectivity index (χ4v) is 2.72. The molecule has 0 atom stereocenters. The molecule has 0 spiro atoms. The number of ether oxygens (including phenoxy) is 3. The lowest BCUT2D eigenvalue weighted by Crippen LogP contribution is -2.09. The minimum Gasteiger partial charge on any atom is -0.503 e. The van der Waals surface area contributed by atoms with Crippen molar-refractivity contribution in [3.05, 3.63) is 82.4 Å². The SMILES string of the molecule is CO/C=C(/C(=O)OC)c1ccccc1COc1cc(=O)oc2ccccc12. The summed E-state index contributed by atoms with van der Waals surface area (Å²) >= 11 is 0. The lowest BCUT2D eigenvalue weighted by atomic mass is 10.0. The molecule has 3 aromatic rings. The van der Waals surface area contributed by atoms with Crippen LogP contribution in [0.4, 0.5) is 0 Å². The molecule has 138 valence electrons. The third-order valence-electron chi connectivity index (χ3n) is 3.94. The molecule has 1 heterocycles. The van der Waals surface area contributed by atoms with Gasteiger partial charge in [0.2, 0.25) is 0 Å². The highest BCUT2D eigenvalue weighted by Gasteiger charge is 2.17. The van der Waals surface area contributed by atoms with Crippen LogP contribution in [0, 0.1) is 0 Å². The summed E-state index contributed by atoms with van der Waals surface area (Å²) in [5.74, 6) is -0.109. The summed E-state index contributed by atoms with van der Waals surface area (Å²) in [6.45, 7) is 0.141. The second kappa shape index (κ2) is 8.23. The fourth-order valence-electron chi connectivity index (χ4n) is 2.72. The summed E-state index contributed by atoms with van der Waals surface area (Å²) < 4.78 is 20.9. The van der Waals surface area contributed by atoms with Crippen molar-refractivity contribution in [3.8, 4) is 5.75 Å². The van der Waals surface area contributed by atoms with Crippen molar-refractivity contribution in [1.82, 2.24) is 0 Å². The second-order valence-corrected chi connectivity index (χ2v) is 5.63. The molecule has 3 rings (SSSR count). The van der Waals surface area contributed by atoms with Crippen LogP contribution in [-0.4, -0.2) is 20.2 Å². The van der Waals surface area contributed by atoms with E-state index in [0.29, 0.717) is 22.3 Å². The zero-order chi connectivity index (χ0) is 19.2. The minimum atomic E-state index is -0.518. The lowest BCUT2D eigenvalue weighted by molar-refractivity contribution is -0.133. The Morgan fingerprint density at radius 3 is 2.59 bits per heavy atom. The number of methoxy groups -OCH3 is 2. The normalized spacial score (nSPS) is 11.3. The van der Waals surface area contributed by atoms with Crippen LogP contribution in [-0.2, 0) is 20.9 Å². The number of benzene rings is 2. The number of hydrogen-bond donors (Lipinski definition) is 0. The average Bonchev–Trinajstić information content (AvgIpc) is 2.70. The molecular weight excluding hydrogens is 348 g/mol. The van der Waals surface area contributed by atoms with Crippen LogP contribution in [0.1, 0.15) is 11.1 Å². The number of carbonyl (C=O) groups is 1. The van der Waals surface area contributed by atoms with Crippen molar-refractivity contribution in [2.45, 2.75) is 6.61 Å². The van der Waals surface area contributed by atoms with Gasteiger partial charge in [0.05, 0.1) is 31.9 Å². The van der Waals surface area contributed by atoms with Gasteiger partial charge in [-0.15, -0.1) is 0 Å². The Hall–Kier alpha value is -3.54. The highest BCUT2D eigenvalue weighted by molar-refractivity contribution is 6.16. The van der Waals surface area contributed by atoms with Gasteiger partial charge in [0.25, 0.3) is 0 Å². The summed E-state index contributed by atoms with van der Waals surface area (Å²) in [7, 11) is 2.76. The third-order valence-corrected chi connectivity index (χ3v) is 3.94. The largest absolute Gasteiger partial charge is 0.503 e. The van der Waals surface area contributed by atoms with Crippen molar-refractivity contribution >= 4 is 22.5 Å². The Labute approximate surface area is 155 Å². The number of rotatable bonds is 6. The van der Waals surface area contributed by atoms with E-state index in [0.717, 1.165) is 5.56 Å². The van der Waals surface area contributed by atoms with Crippen molar-refractivity contribution in [1.29, 1.82) is 0 Å². The Morgan fingerprint density at radius 1 is 1.07 bits per heavy atom. The molecular formula is C21H18O6. The maximum absolute atomic E-state index is 12.1. The Bertz CT molecular complexity index is 1050. The molecule has 27 heavy (non-hydrogen) atoms.